The summed E-state index contributed by atoms with van der Waals surface area (Å²) in [5, 5.41) is 3.63. The highest BCUT2D eigenvalue weighted by Crippen LogP contribution is 2.24. The summed E-state index contributed by atoms with van der Waals surface area (Å²) in [6.07, 6.45) is 3.86. The zero-order valence-corrected chi connectivity index (χ0v) is 13.2. The van der Waals surface area contributed by atoms with Crippen molar-refractivity contribution < 1.29 is 0 Å². The van der Waals surface area contributed by atoms with E-state index < -0.39 is 0 Å². The molecule has 0 saturated carbocycles. The Labute approximate surface area is 128 Å². The zero-order valence-electron chi connectivity index (χ0n) is 13.2. The van der Waals surface area contributed by atoms with Crippen LogP contribution in [0.3, 0.4) is 0 Å². The van der Waals surface area contributed by atoms with Crippen LogP contribution in [0.2, 0.25) is 0 Å². The molecule has 1 N–H and O–H groups in total. The molecule has 21 heavy (non-hydrogen) atoms. The molecule has 3 rings (SSSR count). The van der Waals surface area contributed by atoms with E-state index in [2.05, 4.69) is 67.7 Å². The van der Waals surface area contributed by atoms with E-state index in [0.717, 1.165) is 13.1 Å². The summed E-state index contributed by atoms with van der Waals surface area (Å²) in [6, 6.07) is 17.8. The first-order valence-electron chi connectivity index (χ1n) is 8.02. The third kappa shape index (κ3) is 3.36. The van der Waals surface area contributed by atoms with Gasteiger partial charge in [-0.3, -0.25) is 0 Å². The van der Waals surface area contributed by atoms with E-state index in [1.54, 1.807) is 11.1 Å². The van der Waals surface area contributed by atoms with Crippen molar-refractivity contribution in [2.24, 2.45) is 0 Å². The monoisotopic (exact) mass is 279 g/mol. The van der Waals surface area contributed by atoms with Crippen molar-refractivity contribution in [2.75, 3.05) is 6.54 Å². The minimum absolute atomic E-state index is 0.165. The van der Waals surface area contributed by atoms with Crippen LogP contribution in [0, 0.1) is 0 Å². The molecule has 2 aromatic carbocycles. The second kappa shape index (κ2) is 6.03. The molecule has 0 fully saturated rings. The molecular formula is C20H25N. The summed E-state index contributed by atoms with van der Waals surface area (Å²) in [7, 11) is 0. The Morgan fingerprint density at radius 1 is 0.952 bits per heavy atom. The molecule has 1 heteroatoms. The van der Waals surface area contributed by atoms with Gasteiger partial charge in [0.05, 0.1) is 0 Å². The highest BCUT2D eigenvalue weighted by molar-refractivity contribution is 5.35. The van der Waals surface area contributed by atoms with E-state index in [0.29, 0.717) is 0 Å². The van der Waals surface area contributed by atoms with Gasteiger partial charge in [-0.05, 0) is 41.5 Å². The topological polar surface area (TPSA) is 12.0 Å². The SMILES string of the molecule is CC(C)(CNCc1ccc2c(c1)CCC2)c1ccccc1. The lowest BCUT2D eigenvalue weighted by Crippen LogP contribution is -2.32. The Morgan fingerprint density at radius 3 is 2.52 bits per heavy atom. The van der Waals surface area contributed by atoms with Gasteiger partial charge in [0.1, 0.15) is 0 Å². The van der Waals surface area contributed by atoms with Gasteiger partial charge in [-0.15, -0.1) is 0 Å². The average Bonchev–Trinajstić information content (AvgIpc) is 2.95. The molecule has 0 bridgehead atoms. The van der Waals surface area contributed by atoms with Crippen LogP contribution in [-0.4, -0.2) is 6.54 Å². The van der Waals surface area contributed by atoms with Crippen LogP contribution in [0.5, 0.6) is 0 Å². The molecule has 2 aromatic rings. The van der Waals surface area contributed by atoms with E-state index in [1.807, 2.05) is 0 Å². The summed E-state index contributed by atoms with van der Waals surface area (Å²) in [4.78, 5) is 0. The van der Waals surface area contributed by atoms with Crippen LogP contribution >= 0.6 is 0 Å². The quantitative estimate of drug-likeness (QED) is 0.863. The lowest BCUT2D eigenvalue weighted by Gasteiger charge is -2.26. The van der Waals surface area contributed by atoms with Crippen LogP contribution in [0.15, 0.2) is 48.5 Å². The van der Waals surface area contributed by atoms with E-state index >= 15 is 0 Å². The predicted molar refractivity (Wildman–Crippen MR) is 89.6 cm³/mol. The molecule has 0 aromatic heterocycles. The van der Waals surface area contributed by atoms with Gasteiger partial charge in [-0.25, -0.2) is 0 Å². The van der Waals surface area contributed by atoms with Gasteiger partial charge in [0.15, 0.2) is 0 Å². The van der Waals surface area contributed by atoms with E-state index in [9.17, 15) is 0 Å². The van der Waals surface area contributed by atoms with Gasteiger partial charge in [0, 0.05) is 18.5 Å². The number of hydrogen-bond donors (Lipinski definition) is 1. The van der Waals surface area contributed by atoms with E-state index in [-0.39, 0.29) is 5.41 Å². The molecule has 0 unspecified atom stereocenters. The van der Waals surface area contributed by atoms with Gasteiger partial charge in [0.2, 0.25) is 0 Å². The van der Waals surface area contributed by atoms with Gasteiger partial charge < -0.3 is 5.32 Å². The Bertz CT molecular complexity index is 598. The van der Waals surface area contributed by atoms with Crippen molar-refractivity contribution >= 4 is 0 Å². The maximum atomic E-state index is 3.63. The molecule has 0 heterocycles. The first-order chi connectivity index (χ1) is 10.1. The van der Waals surface area contributed by atoms with Crippen LogP contribution in [0.25, 0.3) is 0 Å². The number of benzene rings is 2. The summed E-state index contributed by atoms with van der Waals surface area (Å²) in [5.74, 6) is 0. The molecule has 110 valence electrons. The lowest BCUT2D eigenvalue weighted by atomic mass is 9.84. The average molecular weight is 279 g/mol. The minimum Gasteiger partial charge on any atom is -0.312 e. The van der Waals surface area contributed by atoms with Crippen molar-refractivity contribution in [1.29, 1.82) is 0 Å². The summed E-state index contributed by atoms with van der Waals surface area (Å²) >= 11 is 0. The first-order valence-corrected chi connectivity index (χ1v) is 8.02. The van der Waals surface area contributed by atoms with Crippen molar-refractivity contribution in [3.05, 3.63) is 70.8 Å². The Kier molecular flexibility index (Phi) is 4.12. The van der Waals surface area contributed by atoms with Crippen molar-refractivity contribution in [1.82, 2.24) is 5.32 Å². The number of nitrogens with one attached hydrogen (secondary N) is 1. The molecule has 0 amide bonds. The van der Waals surface area contributed by atoms with Gasteiger partial charge in [0.25, 0.3) is 0 Å². The Balaban J connectivity index is 1.58. The number of hydrogen-bond acceptors (Lipinski definition) is 1. The summed E-state index contributed by atoms with van der Waals surface area (Å²) < 4.78 is 0. The standard InChI is InChI=1S/C20H25N/c1-20(2,19-9-4-3-5-10-19)15-21-14-16-11-12-17-7-6-8-18(17)13-16/h3-5,9-13,21H,6-8,14-15H2,1-2H3. The molecule has 1 aliphatic rings. The maximum Gasteiger partial charge on any atom is 0.0205 e. The normalized spacial score (nSPS) is 14.2. The number of fused-ring (bicyclic) bond motifs is 1. The first kappa shape index (κ1) is 14.3. The second-order valence-corrected chi connectivity index (χ2v) is 6.81. The van der Waals surface area contributed by atoms with Gasteiger partial charge in [-0.2, -0.15) is 0 Å². The molecule has 1 nitrogen and oxygen atoms in total. The van der Waals surface area contributed by atoms with Crippen molar-refractivity contribution in [3.8, 4) is 0 Å². The Hall–Kier alpha value is -1.60. The van der Waals surface area contributed by atoms with Crippen molar-refractivity contribution in [3.63, 3.8) is 0 Å². The van der Waals surface area contributed by atoms with Crippen LogP contribution < -0.4 is 5.32 Å². The second-order valence-electron chi connectivity index (χ2n) is 6.81. The van der Waals surface area contributed by atoms with Crippen molar-refractivity contribution in [2.45, 2.75) is 45.1 Å². The molecule has 0 radical (unpaired) electrons. The largest absolute Gasteiger partial charge is 0.312 e. The maximum absolute atomic E-state index is 3.63. The van der Waals surface area contributed by atoms with E-state index in [1.165, 1.54) is 30.4 Å². The Morgan fingerprint density at radius 2 is 1.71 bits per heavy atom. The molecule has 0 aliphatic heterocycles. The summed E-state index contributed by atoms with van der Waals surface area (Å²) in [5.41, 5.74) is 6.10. The molecule has 0 atom stereocenters. The smallest absolute Gasteiger partial charge is 0.0205 e. The fourth-order valence-electron chi connectivity index (χ4n) is 3.25. The van der Waals surface area contributed by atoms with Crippen LogP contribution in [-0.2, 0) is 24.8 Å². The van der Waals surface area contributed by atoms with E-state index in [4.69, 9.17) is 0 Å². The molecule has 0 saturated heterocycles. The highest BCUT2D eigenvalue weighted by Gasteiger charge is 2.19. The number of aryl methyl sites for hydroxylation is 2. The van der Waals surface area contributed by atoms with Gasteiger partial charge >= 0.3 is 0 Å². The summed E-state index contributed by atoms with van der Waals surface area (Å²) in [6.45, 7) is 6.56. The van der Waals surface area contributed by atoms with Gasteiger partial charge in [-0.1, -0.05) is 62.4 Å². The lowest BCUT2D eigenvalue weighted by molar-refractivity contribution is 0.469. The third-order valence-electron chi connectivity index (χ3n) is 4.61. The molecule has 1 aliphatic carbocycles. The number of rotatable bonds is 5. The zero-order chi connectivity index (χ0) is 14.7. The van der Waals surface area contributed by atoms with Crippen LogP contribution in [0.1, 0.15) is 42.5 Å². The highest BCUT2D eigenvalue weighted by atomic mass is 14.9. The molecule has 0 spiro atoms. The molecular weight excluding hydrogens is 254 g/mol. The third-order valence-corrected chi connectivity index (χ3v) is 4.61. The van der Waals surface area contributed by atoms with Crippen LogP contribution in [0.4, 0.5) is 0 Å². The fraction of sp³-hybridized carbons (Fsp3) is 0.400. The predicted octanol–water partition coefficient (Wildman–Crippen LogP) is 4.24. The fourth-order valence-corrected chi connectivity index (χ4v) is 3.25. The minimum atomic E-state index is 0.165.